The number of aryl methyl sites for hydroxylation is 1. The Labute approximate surface area is 79.9 Å². The van der Waals surface area contributed by atoms with Crippen LogP contribution >= 0.6 is 11.3 Å². The third kappa shape index (κ3) is 3.25. The van der Waals surface area contributed by atoms with E-state index in [1.807, 2.05) is 19.1 Å². The van der Waals surface area contributed by atoms with Crippen LogP contribution in [0.3, 0.4) is 0 Å². The summed E-state index contributed by atoms with van der Waals surface area (Å²) in [6.07, 6.45) is 0.733. The first kappa shape index (κ1) is 9.73. The molecule has 0 aliphatic heterocycles. The van der Waals surface area contributed by atoms with Crippen molar-refractivity contribution in [2.45, 2.75) is 13.3 Å². The lowest BCUT2D eigenvalue weighted by molar-refractivity contribution is -0.124. The fourth-order valence-corrected chi connectivity index (χ4v) is 1.78. The molecule has 0 aliphatic rings. The van der Waals surface area contributed by atoms with Crippen LogP contribution in [0.15, 0.2) is 12.1 Å². The third-order valence-corrected chi connectivity index (χ3v) is 2.40. The first-order valence-corrected chi connectivity index (χ1v) is 4.57. The van der Waals surface area contributed by atoms with Gasteiger partial charge in [0, 0.05) is 9.75 Å². The summed E-state index contributed by atoms with van der Waals surface area (Å²) in [6, 6.07) is 3.86. The predicted octanol–water partition coefficient (Wildman–Crippen LogP) is 0.376. The van der Waals surface area contributed by atoms with E-state index in [4.69, 9.17) is 0 Å². The zero-order valence-electron chi connectivity index (χ0n) is 7.16. The highest BCUT2D eigenvalue weighted by atomic mass is 32.1. The maximum absolute atomic E-state index is 11.1. The molecule has 1 aromatic rings. The maximum atomic E-state index is 11.1. The van der Waals surface area contributed by atoms with E-state index in [-0.39, 0.29) is 5.91 Å². The Hall–Kier alpha value is -1.36. The van der Waals surface area contributed by atoms with Gasteiger partial charge in [0.2, 0.25) is 12.3 Å². The third-order valence-electron chi connectivity index (χ3n) is 1.40. The first-order chi connectivity index (χ1) is 6.22. The monoisotopic (exact) mass is 198 g/mol. The van der Waals surface area contributed by atoms with E-state index in [1.165, 1.54) is 4.88 Å². The molecule has 0 fully saturated rings. The minimum atomic E-state index is -0.214. The molecule has 1 rings (SSSR count). The van der Waals surface area contributed by atoms with E-state index in [0.29, 0.717) is 12.8 Å². The van der Waals surface area contributed by atoms with Gasteiger partial charge in [0.25, 0.3) is 0 Å². The lowest BCUT2D eigenvalue weighted by Gasteiger charge is -1.99. The van der Waals surface area contributed by atoms with Crippen LogP contribution < -0.4 is 10.9 Å². The van der Waals surface area contributed by atoms with E-state index in [9.17, 15) is 9.59 Å². The van der Waals surface area contributed by atoms with Crippen molar-refractivity contribution in [3.63, 3.8) is 0 Å². The van der Waals surface area contributed by atoms with Gasteiger partial charge < -0.3 is 0 Å². The number of thiophene rings is 1. The van der Waals surface area contributed by atoms with Gasteiger partial charge in [-0.2, -0.15) is 0 Å². The Morgan fingerprint density at radius 2 is 2.38 bits per heavy atom. The summed E-state index contributed by atoms with van der Waals surface area (Å²) >= 11 is 1.57. The average molecular weight is 198 g/mol. The summed E-state index contributed by atoms with van der Waals surface area (Å²) in [5.41, 5.74) is 4.34. The van der Waals surface area contributed by atoms with Crippen molar-refractivity contribution in [3.8, 4) is 0 Å². The largest absolute Gasteiger partial charge is 0.277 e. The Morgan fingerprint density at radius 3 is 2.92 bits per heavy atom. The highest BCUT2D eigenvalue weighted by Crippen LogP contribution is 2.14. The average Bonchev–Trinajstić information content (AvgIpc) is 2.48. The Balaban J connectivity index is 2.40. The molecule has 0 saturated heterocycles. The molecule has 4 nitrogen and oxygen atoms in total. The fraction of sp³-hybridized carbons (Fsp3) is 0.250. The number of hydrazine groups is 1. The second-order valence-electron chi connectivity index (χ2n) is 2.50. The quantitative estimate of drug-likeness (QED) is 0.542. The van der Waals surface area contributed by atoms with E-state index < -0.39 is 0 Å². The minimum Gasteiger partial charge on any atom is -0.277 e. The van der Waals surface area contributed by atoms with Gasteiger partial charge in [0.1, 0.15) is 0 Å². The molecule has 0 bridgehead atoms. The van der Waals surface area contributed by atoms with Crippen LogP contribution in [-0.2, 0) is 16.0 Å². The topological polar surface area (TPSA) is 58.2 Å². The molecule has 0 saturated carbocycles. The van der Waals surface area contributed by atoms with Crippen molar-refractivity contribution in [2.75, 3.05) is 0 Å². The molecule has 1 aromatic heterocycles. The van der Waals surface area contributed by atoms with Crippen LogP contribution in [0.2, 0.25) is 0 Å². The maximum Gasteiger partial charge on any atom is 0.243 e. The molecule has 2 N–H and O–H groups in total. The van der Waals surface area contributed by atoms with Gasteiger partial charge in [-0.3, -0.25) is 20.4 Å². The lowest BCUT2D eigenvalue weighted by Crippen LogP contribution is -2.37. The molecule has 2 amide bonds. The van der Waals surface area contributed by atoms with Crippen molar-refractivity contribution in [2.24, 2.45) is 0 Å². The highest BCUT2D eigenvalue weighted by Gasteiger charge is 2.03. The second-order valence-corrected chi connectivity index (χ2v) is 3.87. The van der Waals surface area contributed by atoms with Gasteiger partial charge >= 0.3 is 0 Å². The first-order valence-electron chi connectivity index (χ1n) is 3.75. The van der Waals surface area contributed by atoms with Gasteiger partial charge in [0.15, 0.2) is 0 Å². The van der Waals surface area contributed by atoms with Crippen molar-refractivity contribution in [3.05, 3.63) is 21.9 Å². The molecular weight excluding hydrogens is 188 g/mol. The number of carbonyl (C=O) groups is 2. The highest BCUT2D eigenvalue weighted by molar-refractivity contribution is 7.12. The molecule has 5 heteroatoms. The van der Waals surface area contributed by atoms with Gasteiger partial charge in [-0.25, -0.2) is 0 Å². The number of hydrogen-bond acceptors (Lipinski definition) is 3. The number of amides is 2. The summed E-state index contributed by atoms with van der Waals surface area (Å²) in [4.78, 5) is 23.1. The van der Waals surface area contributed by atoms with Crippen LogP contribution in [-0.4, -0.2) is 12.3 Å². The molecule has 0 aliphatic carbocycles. The summed E-state index contributed by atoms with van der Waals surface area (Å²) in [5.74, 6) is -0.214. The second kappa shape index (κ2) is 4.61. The molecule has 0 atom stereocenters. The molecule has 1 heterocycles. The normalized spacial score (nSPS) is 9.31. The molecule has 13 heavy (non-hydrogen) atoms. The molecule has 0 aromatic carbocycles. The molecule has 0 radical (unpaired) electrons. The van der Waals surface area contributed by atoms with E-state index in [0.717, 1.165) is 4.88 Å². The summed E-state index contributed by atoms with van der Waals surface area (Å²) in [7, 11) is 0. The molecule has 0 spiro atoms. The van der Waals surface area contributed by atoms with Crippen LogP contribution in [0, 0.1) is 6.92 Å². The smallest absolute Gasteiger partial charge is 0.243 e. The summed E-state index contributed by atoms with van der Waals surface area (Å²) < 4.78 is 0. The van der Waals surface area contributed by atoms with Crippen LogP contribution in [0.25, 0.3) is 0 Å². The van der Waals surface area contributed by atoms with Crippen molar-refractivity contribution in [1.29, 1.82) is 0 Å². The van der Waals surface area contributed by atoms with Crippen molar-refractivity contribution >= 4 is 23.7 Å². The van der Waals surface area contributed by atoms with E-state index in [1.54, 1.807) is 11.3 Å². The van der Waals surface area contributed by atoms with E-state index >= 15 is 0 Å². The number of hydrogen-bond donors (Lipinski definition) is 2. The Bertz CT molecular complexity index is 309. The minimum absolute atomic E-state index is 0.214. The zero-order valence-corrected chi connectivity index (χ0v) is 7.98. The number of carbonyl (C=O) groups excluding carboxylic acids is 2. The molecule has 70 valence electrons. The fourth-order valence-electron chi connectivity index (χ4n) is 0.893. The van der Waals surface area contributed by atoms with Crippen LogP contribution in [0.1, 0.15) is 9.75 Å². The van der Waals surface area contributed by atoms with Gasteiger partial charge in [-0.1, -0.05) is 0 Å². The van der Waals surface area contributed by atoms with Gasteiger partial charge in [0.05, 0.1) is 6.42 Å². The van der Waals surface area contributed by atoms with Gasteiger partial charge in [-0.15, -0.1) is 11.3 Å². The van der Waals surface area contributed by atoms with E-state index in [2.05, 4.69) is 10.9 Å². The predicted molar refractivity (Wildman–Crippen MR) is 50.1 cm³/mol. The van der Waals surface area contributed by atoms with Crippen molar-refractivity contribution < 1.29 is 9.59 Å². The van der Waals surface area contributed by atoms with Gasteiger partial charge in [-0.05, 0) is 19.1 Å². The molecule has 0 unspecified atom stereocenters. The molecular formula is C8H10N2O2S. The lowest BCUT2D eigenvalue weighted by atomic mass is 10.3. The Morgan fingerprint density at radius 1 is 1.62 bits per heavy atom. The standard InChI is InChI=1S/C8H10N2O2S/c1-6-2-3-7(13-6)4-8(12)10-9-5-11/h2-3,5H,4H2,1H3,(H,9,11)(H,10,12). The van der Waals surface area contributed by atoms with Crippen LogP contribution in [0.5, 0.6) is 0 Å². The summed E-state index contributed by atoms with van der Waals surface area (Å²) in [5, 5.41) is 0. The number of nitrogens with one attached hydrogen (secondary N) is 2. The van der Waals surface area contributed by atoms with Crippen molar-refractivity contribution in [1.82, 2.24) is 10.9 Å². The zero-order chi connectivity index (χ0) is 9.68. The SMILES string of the molecule is Cc1ccc(CC(=O)NNC=O)s1. The Kier molecular flexibility index (Phi) is 3.45. The van der Waals surface area contributed by atoms with Crippen LogP contribution in [0.4, 0.5) is 0 Å². The summed E-state index contributed by atoms with van der Waals surface area (Å²) in [6.45, 7) is 1.98. The number of rotatable bonds is 4.